The molecule has 1 saturated heterocycles. The van der Waals surface area contributed by atoms with Crippen molar-refractivity contribution in [2.24, 2.45) is 0 Å². The number of rotatable bonds is 4. The molecular weight excluding hydrogens is 414 g/mol. The first-order chi connectivity index (χ1) is 14.5. The molecular formula is C23H35N3O4S. The Morgan fingerprint density at radius 2 is 1.68 bits per heavy atom. The third-order valence-electron chi connectivity index (χ3n) is 6.69. The van der Waals surface area contributed by atoms with Gasteiger partial charge in [0.2, 0.25) is 21.8 Å². The number of sulfonamides is 1. The van der Waals surface area contributed by atoms with Gasteiger partial charge < -0.3 is 5.32 Å². The van der Waals surface area contributed by atoms with Gasteiger partial charge >= 0.3 is 0 Å². The summed E-state index contributed by atoms with van der Waals surface area (Å²) < 4.78 is 25.7. The lowest BCUT2D eigenvalue weighted by atomic mass is 9.91. The highest BCUT2D eigenvalue weighted by Crippen LogP contribution is 2.32. The molecule has 0 bridgehead atoms. The van der Waals surface area contributed by atoms with Crippen LogP contribution >= 0.6 is 0 Å². The maximum atomic E-state index is 13.6. The van der Waals surface area contributed by atoms with E-state index in [0.717, 1.165) is 47.4 Å². The van der Waals surface area contributed by atoms with E-state index in [1.165, 1.54) is 24.2 Å². The first kappa shape index (κ1) is 23.7. The van der Waals surface area contributed by atoms with Gasteiger partial charge in [0, 0.05) is 18.3 Å². The monoisotopic (exact) mass is 449 g/mol. The minimum Gasteiger partial charge on any atom is -0.351 e. The molecule has 2 aliphatic rings. The van der Waals surface area contributed by atoms with Crippen molar-refractivity contribution in [2.75, 3.05) is 24.2 Å². The molecule has 31 heavy (non-hydrogen) atoms. The molecule has 1 N–H and O–H groups in total. The summed E-state index contributed by atoms with van der Waals surface area (Å²) in [6, 6.07) is 5.70. The van der Waals surface area contributed by atoms with E-state index in [-0.39, 0.29) is 25.0 Å². The minimum atomic E-state index is -3.62. The predicted molar refractivity (Wildman–Crippen MR) is 122 cm³/mol. The first-order valence-corrected chi connectivity index (χ1v) is 13.0. The van der Waals surface area contributed by atoms with Crippen molar-refractivity contribution in [2.45, 2.75) is 77.3 Å². The Labute approximate surface area is 186 Å². The molecule has 1 aliphatic heterocycles. The zero-order chi connectivity index (χ0) is 22.8. The fourth-order valence-electron chi connectivity index (χ4n) is 4.61. The fraction of sp³-hybridized carbons (Fsp3) is 0.652. The molecule has 7 nitrogen and oxygen atoms in total. The zero-order valence-corrected chi connectivity index (χ0v) is 19.9. The van der Waals surface area contributed by atoms with Gasteiger partial charge in [0.1, 0.15) is 5.54 Å². The van der Waals surface area contributed by atoms with Crippen molar-refractivity contribution in [1.29, 1.82) is 0 Å². The van der Waals surface area contributed by atoms with Gasteiger partial charge in [0.15, 0.2) is 0 Å². The number of nitrogens with one attached hydrogen (secondary N) is 1. The summed E-state index contributed by atoms with van der Waals surface area (Å²) in [7, 11) is -3.62. The number of carbonyl (C=O) groups is 2. The minimum absolute atomic E-state index is 0.0509. The fourth-order valence-corrected chi connectivity index (χ4v) is 5.44. The Balaban J connectivity index is 1.96. The summed E-state index contributed by atoms with van der Waals surface area (Å²) in [5, 5.41) is 3.16. The Morgan fingerprint density at radius 1 is 1.06 bits per heavy atom. The smallest absolute Gasteiger partial charge is 0.247 e. The van der Waals surface area contributed by atoms with E-state index in [1.54, 1.807) is 6.92 Å². The molecule has 8 heteroatoms. The number of piperazine rings is 1. The van der Waals surface area contributed by atoms with E-state index in [9.17, 15) is 18.0 Å². The summed E-state index contributed by atoms with van der Waals surface area (Å²) in [5.41, 5.74) is 1.39. The van der Waals surface area contributed by atoms with Crippen LogP contribution in [-0.4, -0.2) is 55.5 Å². The number of anilines is 1. The number of carbonyl (C=O) groups excluding carboxylic acids is 2. The number of amides is 2. The first-order valence-electron chi connectivity index (χ1n) is 11.2. The summed E-state index contributed by atoms with van der Waals surface area (Å²) in [4.78, 5) is 28.3. The molecule has 1 heterocycles. The maximum absolute atomic E-state index is 13.6. The third kappa shape index (κ3) is 5.29. The molecule has 2 fully saturated rings. The van der Waals surface area contributed by atoms with Crippen LogP contribution in [0.5, 0.6) is 0 Å². The highest BCUT2D eigenvalue weighted by molar-refractivity contribution is 7.88. The van der Waals surface area contributed by atoms with Crippen LogP contribution in [0, 0.1) is 13.8 Å². The van der Waals surface area contributed by atoms with E-state index in [1.807, 2.05) is 32.0 Å². The number of nitrogens with zero attached hydrogens (tertiary/aromatic N) is 2. The van der Waals surface area contributed by atoms with E-state index in [4.69, 9.17) is 0 Å². The van der Waals surface area contributed by atoms with Crippen molar-refractivity contribution in [3.8, 4) is 0 Å². The molecule has 0 unspecified atom stereocenters. The quantitative estimate of drug-likeness (QED) is 0.766. The predicted octanol–water partition coefficient (Wildman–Crippen LogP) is 2.90. The standard InChI is InChI=1S/C23H35N3O4S/c1-17-12-13-20(14-18(17)2)26-21(27)15-25(31(4,29)30)16-23(26,3)22(28)24-19-10-8-6-5-7-9-11-19/h12-14,19H,5-11,15-16H2,1-4H3,(H,24,28)/t23-/m1/s1. The van der Waals surface area contributed by atoms with Crippen molar-refractivity contribution < 1.29 is 18.0 Å². The van der Waals surface area contributed by atoms with Gasteiger partial charge in [-0.15, -0.1) is 0 Å². The van der Waals surface area contributed by atoms with Gasteiger partial charge in [-0.3, -0.25) is 14.5 Å². The topological polar surface area (TPSA) is 86.8 Å². The second-order valence-corrected chi connectivity index (χ2v) is 11.3. The van der Waals surface area contributed by atoms with Gasteiger partial charge in [0.05, 0.1) is 12.8 Å². The molecule has 2 amide bonds. The highest BCUT2D eigenvalue weighted by atomic mass is 32.2. The lowest BCUT2D eigenvalue weighted by Gasteiger charge is -2.47. The summed E-state index contributed by atoms with van der Waals surface area (Å²) >= 11 is 0. The van der Waals surface area contributed by atoms with E-state index < -0.39 is 21.5 Å². The van der Waals surface area contributed by atoms with Gasteiger partial charge in [-0.25, -0.2) is 8.42 Å². The molecule has 1 saturated carbocycles. The van der Waals surface area contributed by atoms with Crippen molar-refractivity contribution in [3.05, 3.63) is 29.3 Å². The van der Waals surface area contributed by atoms with Crippen LogP contribution < -0.4 is 10.2 Å². The van der Waals surface area contributed by atoms with Crippen LogP contribution in [0.3, 0.4) is 0 Å². The SMILES string of the molecule is Cc1ccc(N2C(=O)CN(S(C)(=O)=O)C[C@]2(C)C(=O)NC2CCCCCCC2)cc1C. The largest absolute Gasteiger partial charge is 0.351 e. The van der Waals surface area contributed by atoms with Crippen LogP contribution in [0.1, 0.15) is 63.0 Å². The summed E-state index contributed by atoms with van der Waals surface area (Å²) in [5.74, 6) is -0.687. The van der Waals surface area contributed by atoms with Crippen molar-refractivity contribution in [3.63, 3.8) is 0 Å². The second kappa shape index (κ2) is 9.28. The molecule has 1 aromatic rings. The zero-order valence-electron chi connectivity index (χ0n) is 19.1. The Hall–Kier alpha value is -1.93. The van der Waals surface area contributed by atoms with Gasteiger partial charge in [0.25, 0.3) is 0 Å². The Morgan fingerprint density at radius 3 is 2.26 bits per heavy atom. The maximum Gasteiger partial charge on any atom is 0.247 e. The summed E-state index contributed by atoms with van der Waals surface area (Å²) in [6.45, 7) is 5.29. The third-order valence-corrected chi connectivity index (χ3v) is 7.88. The van der Waals surface area contributed by atoms with Crippen molar-refractivity contribution >= 4 is 27.5 Å². The molecule has 0 radical (unpaired) electrons. The van der Waals surface area contributed by atoms with E-state index in [0.29, 0.717) is 5.69 Å². The number of aryl methyl sites for hydroxylation is 2. The second-order valence-electron chi connectivity index (χ2n) is 9.32. The lowest BCUT2D eigenvalue weighted by Crippen LogP contribution is -2.70. The van der Waals surface area contributed by atoms with Crippen LogP contribution in [0.15, 0.2) is 18.2 Å². The molecule has 1 aliphatic carbocycles. The van der Waals surface area contributed by atoms with Crippen LogP contribution in [0.25, 0.3) is 0 Å². The molecule has 3 rings (SSSR count). The highest BCUT2D eigenvalue weighted by Gasteiger charge is 2.50. The van der Waals surface area contributed by atoms with Crippen LogP contribution in [-0.2, 0) is 19.6 Å². The lowest BCUT2D eigenvalue weighted by molar-refractivity contribution is -0.133. The van der Waals surface area contributed by atoms with E-state index >= 15 is 0 Å². The average Bonchev–Trinajstić information content (AvgIpc) is 2.65. The normalized spacial score (nSPS) is 24.5. The van der Waals surface area contributed by atoms with Gasteiger partial charge in [-0.05, 0) is 56.9 Å². The summed E-state index contributed by atoms with van der Waals surface area (Å²) in [6.07, 6.45) is 8.60. The average molecular weight is 450 g/mol. The van der Waals surface area contributed by atoms with Gasteiger partial charge in [-0.1, -0.05) is 38.2 Å². The van der Waals surface area contributed by atoms with Crippen LogP contribution in [0.2, 0.25) is 0 Å². The Kier molecular flexibility index (Phi) is 7.11. The number of hydrogen-bond donors (Lipinski definition) is 1. The Bertz CT molecular complexity index is 938. The molecule has 0 spiro atoms. The van der Waals surface area contributed by atoms with Gasteiger partial charge in [-0.2, -0.15) is 4.31 Å². The molecule has 1 aromatic carbocycles. The number of hydrogen-bond acceptors (Lipinski definition) is 4. The van der Waals surface area contributed by atoms with Crippen molar-refractivity contribution in [1.82, 2.24) is 9.62 Å². The molecule has 0 aromatic heterocycles. The number of benzene rings is 1. The van der Waals surface area contributed by atoms with E-state index in [2.05, 4.69) is 5.32 Å². The molecule has 1 atom stereocenters. The molecule has 172 valence electrons. The van der Waals surface area contributed by atoms with Crippen LogP contribution in [0.4, 0.5) is 5.69 Å².